The van der Waals surface area contributed by atoms with Gasteiger partial charge in [-0.25, -0.2) is 4.79 Å². The first-order chi connectivity index (χ1) is 18.4. The lowest BCUT2D eigenvalue weighted by atomic mass is 10.1. The zero-order chi connectivity index (χ0) is 26.6. The van der Waals surface area contributed by atoms with E-state index in [-0.39, 0.29) is 24.6 Å². The number of urea groups is 1. The molecule has 4 amide bonds. The van der Waals surface area contributed by atoms with Gasteiger partial charge in [-0.3, -0.25) is 14.5 Å². The quantitative estimate of drug-likeness (QED) is 0.429. The second-order valence-corrected chi connectivity index (χ2v) is 9.53. The van der Waals surface area contributed by atoms with Crippen LogP contribution in [0.5, 0.6) is 11.5 Å². The summed E-state index contributed by atoms with van der Waals surface area (Å²) in [5.74, 6) is 1.01. The fraction of sp³-hybridized carbons (Fsp3) is 0.250. The third-order valence-corrected chi connectivity index (χ3v) is 6.74. The number of anilines is 3. The Morgan fingerprint density at radius 3 is 2.47 bits per heavy atom. The molecule has 0 aromatic heterocycles. The van der Waals surface area contributed by atoms with Gasteiger partial charge in [0, 0.05) is 59.8 Å². The third kappa shape index (κ3) is 5.68. The van der Waals surface area contributed by atoms with Crippen LogP contribution >= 0.6 is 11.6 Å². The molecule has 2 aliphatic rings. The molecule has 0 saturated carbocycles. The largest absolute Gasteiger partial charge is 0.454 e. The lowest BCUT2D eigenvalue weighted by Gasteiger charge is -2.27. The molecule has 0 atom stereocenters. The van der Waals surface area contributed by atoms with Crippen molar-refractivity contribution in [1.29, 1.82) is 0 Å². The molecule has 2 aliphatic heterocycles. The highest BCUT2D eigenvalue weighted by molar-refractivity contribution is 6.30. The topological polar surface area (TPSA) is 100 Å². The summed E-state index contributed by atoms with van der Waals surface area (Å²) >= 11 is 5.97. The predicted octanol–water partition coefficient (Wildman–Crippen LogP) is 5.29. The number of carbonyl (C=O) groups is 3. The summed E-state index contributed by atoms with van der Waals surface area (Å²) in [7, 11) is 0. The van der Waals surface area contributed by atoms with Gasteiger partial charge in [-0.1, -0.05) is 11.6 Å². The van der Waals surface area contributed by atoms with Crippen molar-refractivity contribution in [3.63, 3.8) is 0 Å². The number of nitrogens with one attached hydrogen (secondary N) is 2. The minimum atomic E-state index is -0.348. The maximum absolute atomic E-state index is 13.4. The summed E-state index contributed by atoms with van der Waals surface area (Å²) in [6.45, 7) is 3.40. The van der Waals surface area contributed by atoms with Crippen LogP contribution in [-0.4, -0.2) is 49.2 Å². The fourth-order valence-electron chi connectivity index (χ4n) is 4.49. The summed E-state index contributed by atoms with van der Waals surface area (Å²) in [5, 5.41) is 6.33. The van der Waals surface area contributed by atoms with E-state index in [1.54, 1.807) is 70.5 Å². The molecule has 38 heavy (non-hydrogen) atoms. The highest BCUT2D eigenvalue weighted by Gasteiger charge is 2.24. The van der Waals surface area contributed by atoms with Crippen molar-refractivity contribution in [2.75, 3.05) is 42.0 Å². The predicted molar refractivity (Wildman–Crippen MR) is 145 cm³/mol. The molecule has 196 valence electrons. The summed E-state index contributed by atoms with van der Waals surface area (Å²) in [6, 6.07) is 16.9. The smallest absolute Gasteiger partial charge is 0.326 e. The second-order valence-electron chi connectivity index (χ2n) is 9.10. The van der Waals surface area contributed by atoms with Crippen LogP contribution in [0, 0.1) is 6.92 Å². The fourth-order valence-corrected chi connectivity index (χ4v) is 4.62. The number of hydrogen-bond donors (Lipinski definition) is 2. The van der Waals surface area contributed by atoms with Crippen LogP contribution in [0.4, 0.5) is 21.9 Å². The maximum atomic E-state index is 13.4. The number of ether oxygens (including phenoxy) is 2. The Morgan fingerprint density at radius 1 is 0.974 bits per heavy atom. The monoisotopic (exact) mass is 534 g/mol. The Kier molecular flexibility index (Phi) is 7.37. The number of carbonyl (C=O) groups excluding carboxylic acids is 3. The van der Waals surface area contributed by atoms with E-state index in [9.17, 15) is 14.4 Å². The van der Waals surface area contributed by atoms with Gasteiger partial charge in [-0.15, -0.1) is 0 Å². The molecule has 0 radical (unpaired) electrons. The first-order valence-electron chi connectivity index (χ1n) is 12.3. The molecule has 2 heterocycles. The van der Waals surface area contributed by atoms with Crippen LogP contribution in [0.15, 0.2) is 60.7 Å². The zero-order valence-electron chi connectivity index (χ0n) is 20.8. The third-order valence-electron chi connectivity index (χ3n) is 6.49. The van der Waals surface area contributed by atoms with Crippen molar-refractivity contribution >= 4 is 46.5 Å². The Bertz CT molecular complexity index is 1380. The Balaban J connectivity index is 1.34. The first-order valence-corrected chi connectivity index (χ1v) is 12.7. The van der Waals surface area contributed by atoms with E-state index in [0.29, 0.717) is 65.2 Å². The van der Waals surface area contributed by atoms with Crippen molar-refractivity contribution in [2.45, 2.75) is 19.8 Å². The first kappa shape index (κ1) is 25.4. The molecule has 1 saturated heterocycles. The van der Waals surface area contributed by atoms with E-state index in [1.165, 1.54) is 0 Å². The van der Waals surface area contributed by atoms with Gasteiger partial charge in [0.2, 0.25) is 12.7 Å². The number of nitrogens with zero attached hydrogens (tertiary/aromatic N) is 2. The van der Waals surface area contributed by atoms with Crippen LogP contribution in [0.3, 0.4) is 0 Å². The lowest BCUT2D eigenvalue weighted by Crippen LogP contribution is -2.41. The van der Waals surface area contributed by atoms with Crippen molar-refractivity contribution in [2.24, 2.45) is 0 Å². The minimum absolute atomic E-state index is 0.0929. The standard InChI is InChI=1S/C28H27ClN4O5/c1-18-15-19(27(35)30-22-9-11-24-25(16-22)38-17-37-24)4-10-23(18)33(14-13-32-12-2-3-26(32)34)28(36)31-21-7-5-20(29)6-8-21/h4-11,15-16H,2-3,12-14,17H2,1H3,(H,30,35)(H,31,36). The highest BCUT2D eigenvalue weighted by Crippen LogP contribution is 2.34. The molecular weight excluding hydrogens is 508 g/mol. The van der Waals surface area contributed by atoms with Crippen molar-refractivity contribution in [3.05, 3.63) is 76.8 Å². The van der Waals surface area contributed by atoms with E-state index in [4.69, 9.17) is 21.1 Å². The van der Waals surface area contributed by atoms with Crippen molar-refractivity contribution < 1.29 is 23.9 Å². The van der Waals surface area contributed by atoms with E-state index >= 15 is 0 Å². The van der Waals surface area contributed by atoms with E-state index in [0.717, 1.165) is 12.0 Å². The van der Waals surface area contributed by atoms with E-state index in [1.807, 2.05) is 6.92 Å². The van der Waals surface area contributed by atoms with E-state index in [2.05, 4.69) is 10.6 Å². The van der Waals surface area contributed by atoms with Gasteiger partial charge in [0.15, 0.2) is 11.5 Å². The van der Waals surface area contributed by atoms with Gasteiger partial charge < -0.3 is 25.0 Å². The molecule has 0 aliphatic carbocycles. The van der Waals surface area contributed by atoms with Crippen LogP contribution in [0.1, 0.15) is 28.8 Å². The number of benzene rings is 3. The van der Waals surface area contributed by atoms with Crippen LogP contribution in [-0.2, 0) is 4.79 Å². The van der Waals surface area contributed by atoms with Gasteiger partial charge in [-0.05, 0) is 73.5 Å². The molecule has 9 nitrogen and oxygen atoms in total. The maximum Gasteiger partial charge on any atom is 0.326 e. The summed E-state index contributed by atoms with van der Waals surface area (Å²) < 4.78 is 10.7. The Hall–Kier alpha value is -4.24. The number of amides is 4. The number of hydrogen-bond acceptors (Lipinski definition) is 5. The molecule has 3 aromatic carbocycles. The van der Waals surface area contributed by atoms with Crippen molar-refractivity contribution in [1.82, 2.24) is 4.90 Å². The van der Waals surface area contributed by atoms with Gasteiger partial charge in [0.05, 0.1) is 0 Å². The van der Waals surface area contributed by atoms with Gasteiger partial charge >= 0.3 is 6.03 Å². The van der Waals surface area contributed by atoms with E-state index < -0.39 is 0 Å². The molecule has 0 bridgehead atoms. The zero-order valence-corrected chi connectivity index (χ0v) is 21.6. The number of fused-ring (bicyclic) bond motifs is 1. The Morgan fingerprint density at radius 2 is 1.74 bits per heavy atom. The molecule has 10 heteroatoms. The number of rotatable bonds is 7. The van der Waals surface area contributed by atoms with Gasteiger partial charge in [0.25, 0.3) is 5.91 Å². The van der Waals surface area contributed by atoms with Gasteiger partial charge in [-0.2, -0.15) is 0 Å². The van der Waals surface area contributed by atoms with Crippen LogP contribution < -0.4 is 25.0 Å². The average Bonchev–Trinajstić information content (AvgIpc) is 3.54. The number of halogens is 1. The molecule has 2 N–H and O–H groups in total. The number of aryl methyl sites for hydroxylation is 1. The SMILES string of the molecule is Cc1cc(C(=O)Nc2ccc3c(c2)OCO3)ccc1N(CCN1CCCC1=O)C(=O)Nc1ccc(Cl)cc1. The highest BCUT2D eigenvalue weighted by atomic mass is 35.5. The summed E-state index contributed by atoms with van der Waals surface area (Å²) in [4.78, 5) is 41.8. The van der Waals surface area contributed by atoms with Crippen molar-refractivity contribution in [3.8, 4) is 11.5 Å². The minimum Gasteiger partial charge on any atom is -0.454 e. The molecular formula is C28H27ClN4O5. The second kappa shape index (κ2) is 11.0. The molecule has 0 spiro atoms. The van der Waals surface area contributed by atoms with Crippen LogP contribution in [0.2, 0.25) is 5.02 Å². The molecule has 1 fully saturated rings. The average molecular weight is 535 g/mol. The van der Waals surface area contributed by atoms with Gasteiger partial charge in [0.1, 0.15) is 0 Å². The summed E-state index contributed by atoms with van der Waals surface area (Å²) in [5.41, 5.74) is 3.00. The summed E-state index contributed by atoms with van der Waals surface area (Å²) in [6.07, 6.45) is 1.35. The molecule has 0 unspecified atom stereocenters. The Labute approximate surface area is 225 Å². The molecule has 5 rings (SSSR count). The number of likely N-dealkylation sites (tertiary alicyclic amines) is 1. The molecule has 3 aromatic rings. The van der Waals surface area contributed by atoms with Crippen LogP contribution in [0.25, 0.3) is 0 Å². The normalized spacial score (nSPS) is 13.9. The lowest BCUT2D eigenvalue weighted by molar-refractivity contribution is -0.127.